The van der Waals surface area contributed by atoms with Gasteiger partial charge in [0.15, 0.2) is 0 Å². The summed E-state index contributed by atoms with van der Waals surface area (Å²) in [5.41, 5.74) is 10.1. The molecule has 112 valence electrons. The lowest BCUT2D eigenvalue weighted by Gasteiger charge is -2.40. The monoisotopic (exact) mass is 268 g/mol. The molecule has 0 aromatic rings. The molecular formula is C15H32N4. The van der Waals surface area contributed by atoms with Crippen molar-refractivity contribution in [2.45, 2.75) is 64.0 Å². The van der Waals surface area contributed by atoms with Crippen LogP contribution in [0, 0.1) is 0 Å². The van der Waals surface area contributed by atoms with Gasteiger partial charge in [-0.2, -0.15) is 0 Å². The lowest BCUT2D eigenvalue weighted by molar-refractivity contribution is 0.0734. The number of likely N-dealkylation sites (tertiary alicyclic amines) is 1. The van der Waals surface area contributed by atoms with E-state index in [1.165, 1.54) is 64.7 Å². The number of nitrogens with two attached hydrogens (primary N) is 1. The number of nitrogens with one attached hydrogen (secondary N) is 1. The zero-order valence-corrected chi connectivity index (χ0v) is 12.8. The molecule has 1 unspecified atom stereocenters. The molecule has 4 heteroatoms. The van der Waals surface area contributed by atoms with E-state index in [1.807, 2.05) is 0 Å². The first-order valence-electron chi connectivity index (χ1n) is 8.12. The molecular weight excluding hydrogens is 236 g/mol. The van der Waals surface area contributed by atoms with Gasteiger partial charge in [-0.1, -0.05) is 6.42 Å². The number of rotatable bonds is 4. The van der Waals surface area contributed by atoms with Crippen molar-refractivity contribution in [3.05, 3.63) is 0 Å². The smallest absolute Gasteiger partial charge is 0.0460 e. The van der Waals surface area contributed by atoms with E-state index < -0.39 is 0 Å². The number of hydrazine groups is 1. The van der Waals surface area contributed by atoms with Crippen LogP contribution in [0.5, 0.6) is 0 Å². The third kappa shape index (κ3) is 4.15. The second-order valence-corrected chi connectivity index (χ2v) is 6.63. The molecule has 2 saturated heterocycles. The Bertz CT molecular complexity index is 263. The van der Waals surface area contributed by atoms with E-state index in [9.17, 15) is 0 Å². The van der Waals surface area contributed by atoms with Gasteiger partial charge in [-0.05, 0) is 52.5 Å². The van der Waals surface area contributed by atoms with E-state index in [-0.39, 0.29) is 5.54 Å². The highest BCUT2D eigenvalue weighted by Gasteiger charge is 2.33. The fourth-order valence-corrected chi connectivity index (χ4v) is 3.43. The number of hydrogen-bond acceptors (Lipinski definition) is 4. The largest absolute Gasteiger partial charge is 0.329 e. The molecule has 19 heavy (non-hydrogen) atoms. The van der Waals surface area contributed by atoms with Crippen LogP contribution in [-0.2, 0) is 0 Å². The van der Waals surface area contributed by atoms with Gasteiger partial charge in [0, 0.05) is 37.8 Å². The van der Waals surface area contributed by atoms with Gasteiger partial charge in [0.05, 0.1) is 0 Å². The first-order valence-corrected chi connectivity index (χ1v) is 8.12. The molecule has 0 aromatic heterocycles. The summed E-state index contributed by atoms with van der Waals surface area (Å²) in [6, 6.07) is 0.656. The third-order valence-corrected chi connectivity index (χ3v) is 4.85. The van der Waals surface area contributed by atoms with E-state index in [4.69, 9.17) is 5.73 Å². The molecule has 1 atom stereocenters. The van der Waals surface area contributed by atoms with E-state index in [0.29, 0.717) is 6.04 Å². The van der Waals surface area contributed by atoms with Gasteiger partial charge in [0.2, 0.25) is 0 Å². The molecule has 0 radical (unpaired) electrons. The Morgan fingerprint density at radius 1 is 1.00 bits per heavy atom. The van der Waals surface area contributed by atoms with Crippen LogP contribution in [0.2, 0.25) is 0 Å². The highest BCUT2D eigenvalue weighted by atomic mass is 15.5. The number of hydrogen-bond donors (Lipinski definition) is 2. The van der Waals surface area contributed by atoms with Crippen LogP contribution in [0.3, 0.4) is 0 Å². The lowest BCUT2D eigenvalue weighted by Crippen LogP contribution is -2.59. The second-order valence-electron chi connectivity index (χ2n) is 6.63. The van der Waals surface area contributed by atoms with Gasteiger partial charge < -0.3 is 10.6 Å². The predicted molar refractivity (Wildman–Crippen MR) is 80.9 cm³/mol. The molecule has 2 heterocycles. The van der Waals surface area contributed by atoms with Gasteiger partial charge in [-0.3, -0.25) is 0 Å². The standard InChI is InChI=1S/C15H32N4/c1-14(2)18-9-6-7-15(13-16,8-12-18)17-19-10-4-3-5-11-19/h14,17H,3-13,16H2,1-2H3. The van der Waals surface area contributed by atoms with Gasteiger partial charge in [0.1, 0.15) is 0 Å². The summed E-state index contributed by atoms with van der Waals surface area (Å²) >= 11 is 0. The summed E-state index contributed by atoms with van der Waals surface area (Å²) in [6.45, 7) is 10.1. The molecule has 2 aliphatic rings. The van der Waals surface area contributed by atoms with E-state index in [2.05, 4.69) is 29.2 Å². The quantitative estimate of drug-likeness (QED) is 0.812. The van der Waals surface area contributed by atoms with Crippen molar-refractivity contribution in [1.82, 2.24) is 15.3 Å². The molecule has 0 amide bonds. The van der Waals surface area contributed by atoms with Gasteiger partial charge in [0.25, 0.3) is 0 Å². The second kappa shape index (κ2) is 7.02. The van der Waals surface area contributed by atoms with Gasteiger partial charge in [-0.25, -0.2) is 10.4 Å². The number of nitrogens with zero attached hydrogens (tertiary/aromatic N) is 2. The fraction of sp³-hybridized carbons (Fsp3) is 1.00. The highest BCUT2D eigenvalue weighted by Crippen LogP contribution is 2.24. The maximum atomic E-state index is 6.14. The zero-order valence-electron chi connectivity index (χ0n) is 12.8. The van der Waals surface area contributed by atoms with Crippen LogP contribution in [0.4, 0.5) is 0 Å². The lowest BCUT2D eigenvalue weighted by atomic mass is 9.91. The topological polar surface area (TPSA) is 44.5 Å². The average Bonchev–Trinajstić information content (AvgIpc) is 2.63. The maximum absolute atomic E-state index is 6.14. The summed E-state index contributed by atoms with van der Waals surface area (Å²) in [4.78, 5) is 2.59. The summed E-state index contributed by atoms with van der Waals surface area (Å²) in [7, 11) is 0. The van der Waals surface area contributed by atoms with Crippen LogP contribution >= 0.6 is 0 Å². The molecule has 0 bridgehead atoms. The van der Waals surface area contributed by atoms with Crippen molar-refractivity contribution in [2.75, 3.05) is 32.7 Å². The molecule has 4 nitrogen and oxygen atoms in total. The fourth-order valence-electron chi connectivity index (χ4n) is 3.43. The Morgan fingerprint density at radius 3 is 2.37 bits per heavy atom. The van der Waals surface area contributed by atoms with E-state index >= 15 is 0 Å². The van der Waals surface area contributed by atoms with Crippen LogP contribution < -0.4 is 11.2 Å². The number of piperidine rings is 1. The molecule has 0 spiro atoms. The van der Waals surface area contributed by atoms with Crippen molar-refractivity contribution in [1.29, 1.82) is 0 Å². The molecule has 2 rings (SSSR count). The minimum atomic E-state index is 0.140. The Balaban J connectivity index is 1.93. The molecule has 3 N–H and O–H groups in total. The van der Waals surface area contributed by atoms with Crippen LogP contribution in [0.25, 0.3) is 0 Å². The summed E-state index contributed by atoms with van der Waals surface area (Å²) in [5, 5.41) is 2.43. The van der Waals surface area contributed by atoms with Crippen molar-refractivity contribution < 1.29 is 0 Å². The predicted octanol–water partition coefficient (Wildman–Crippen LogP) is 1.57. The molecule has 2 fully saturated rings. The van der Waals surface area contributed by atoms with Crippen molar-refractivity contribution in [2.24, 2.45) is 5.73 Å². The van der Waals surface area contributed by atoms with Gasteiger partial charge in [-0.15, -0.1) is 0 Å². The molecule has 0 aromatic carbocycles. The van der Waals surface area contributed by atoms with Crippen molar-refractivity contribution >= 4 is 0 Å². The SMILES string of the molecule is CC(C)N1CCCC(CN)(NN2CCCCC2)CC1. The van der Waals surface area contributed by atoms with E-state index in [0.717, 1.165) is 6.54 Å². The highest BCUT2D eigenvalue weighted by molar-refractivity contribution is 4.92. The molecule has 0 saturated carbocycles. The van der Waals surface area contributed by atoms with Gasteiger partial charge >= 0.3 is 0 Å². The van der Waals surface area contributed by atoms with E-state index in [1.54, 1.807) is 0 Å². The normalized spacial score (nSPS) is 31.6. The van der Waals surface area contributed by atoms with Crippen molar-refractivity contribution in [3.8, 4) is 0 Å². The first-order chi connectivity index (χ1) is 9.15. The molecule has 2 aliphatic heterocycles. The summed E-state index contributed by atoms with van der Waals surface area (Å²) in [5.74, 6) is 0. The zero-order chi connectivity index (χ0) is 13.7. The minimum absolute atomic E-state index is 0.140. The summed E-state index contributed by atoms with van der Waals surface area (Å²) in [6.07, 6.45) is 7.68. The Morgan fingerprint density at radius 2 is 1.74 bits per heavy atom. The molecule has 0 aliphatic carbocycles. The van der Waals surface area contributed by atoms with Crippen LogP contribution in [0.15, 0.2) is 0 Å². The Hall–Kier alpha value is -0.160. The van der Waals surface area contributed by atoms with Crippen LogP contribution in [-0.4, -0.2) is 54.2 Å². The minimum Gasteiger partial charge on any atom is -0.329 e. The van der Waals surface area contributed by atoms with Crippen molar-refractivity contribution in [3.63, 3.8) is 0 Å². The first kappa shape index (κ1) is 15.2. The maximum Gasteiger partial charge on any atom is 0.0460 e. The summed E-state index contributed by atoms with van der Waals surface area (Å²) < 4.78 is 0. The third-order valence-electron chi connectivity index (χ3n) is 4.85. The average molecular weight is 268 g/mol. The Kier molecular flexibility index (Phi) is 5.63. The van der Waals surface area contributed by atoms with Crippen LogP contribution in [0.1, 0.15) is 52.4 Å². The Labute approximate surface area is 118 Å².